The molecule has 2 aromatic rings. The van der Waals surface area contributed by atoms with Crippen molar-refractivity contribution in [3.8, 4) is 0 Å². The molecule has 0 aliphatic carbocycles. The number of pyridine rings is 1. The molecule has 1 aromatic carbocycles. The molecule has 3 N–H and O–H groups in total. The number of rotatable bonds is 5. The molecule has 0 unspecified atom stereocenters. The summed E-state index contributed by atoms with van der Waals surface area (Å²) in [6.45, 7) is 6.08. The van der Waals surface area contributed by atoms with Crippen LogP contribution in [0.5, 0.6) is 0 Å². The summed E-state index contributed by atoms with van der Waals surface area (Å²) in [4.78, 5) is 29.4. The van der Waals surface area contributed by atoms with Crippen LogP contribution in [0.1, 0.15) is 27.0 Å². The maximum atomic E-state index is 12.3. The Morgan fingerprint density at radius 3 is 2.38 bits per heavy atom. The molecular formula is C18H22N4O2. The van der Waals surface area contributed by atoms with E-state index in [0.29, 0.717) is 11.4 Å². The van der Waals surface area contributed by atoms with E-state index in [9.17, 15) is 9.59 Å². The second-order valence-electron chi connectivity index (χ2n) is 5.94. The maximum absolute atomic E-state index is 12.3. The first kappa shape index (κ1) is 17.5. The van der Waals surface area contributed by atoms with Crippen LogP contribution in [-0.2, 0) is 4.79 Å². The van der Waals surface area contributed by atoms with Crippen LogP contribution in [-0.4, -0.2) is 30.4 Å². The fourth-order valence-electron chi connectivity index (χ4n) is 2.63. The van der Waals surface area contributed by atoms with Crippen molar-refractivity contribution >= 4 is 23.3 Å². The van der Waals surface area contributed by atoms with Gasteiger partial charge in [0.05, 0.1) is 6.54 Å². The average Bonchev–Trinajstić information content (AvgIpc) is 2.51. The SMILES string of the molecule is Cc1cc(C)c(NC(=O)CN(C)c2cc(C(N)=O)ccn2)c(C)c1. The second-order valence-corrected chi connectivity index (χ2v) is 5.94. The molecule has 0 spiro atoms. The van der Waals surface area contributed by atoms with E-state index in [1.54, 1.807) is 24.1 Å². The molecule has 126 valence electrons. The van der Waals surface area contributed by atoms with Gasteiger partial charge in [0, 0.05) is 24.5 Å². The van der Waals surface area contributed by atoms with E-state index in [1.165, 1.54) is 6.20 Å². The molecule has 0 atom stereocenters. The predicted molar refractivity (Wildman–Crippen MR) is 95.3 cm³/mol. The average molecular weight is 326 g/mol. The number of hydrogen-bond acceptors (Lipinski definition) is 4. The predicted octanol–water partition coefficient (Wildman–Crippen LogP) is 2.18. The molecule has 0 radical (unpaired) electrons. The number of aromatic nitrogens is 1. The van der Waals surface area contributed by atoms with Gasteiger partial charge >= 0.3 is 0 Å². The van der Waals surface area contributed by atoms with Crippen molar-refractivity contribution in [1.82, 2.24) is 4.98 Å². The number of hydrogen-bond donors (Lipinski definition) is 2. The third-order valence-electron chi connectivity index (χ3n) is 3.74. The number of carbonyl (C=O) groups excluding carboxylic acids is 2. The first-order chi connectivity index (χ1) is 11.3. The highest BCUT2D eigenvalue weighted by Gasteiger charge is 2.13. The van der Waals surface area contributed by atoms with Crippen molar-refractivity contribution in [2.75, 3.05) is 23.8 Å². The fourth-order valence-corrected chi connectivity index (χ4v) is 2.63. The summed E-state index contributed by atoms with van der Waals surface area (Å²) in [5.74, 6) is -0.167. The third-order valence-corrected chi connectivity index (χ3v) is 3.74. The minimum absolute atomic E-state index is 0.113. The highest BCUT2D eigenvalue weighted by molar-refractivity contribution is 5.96. The molecule has 24 heavy (non-hydrogen) atoms. The number of amides is 2. The van der Waals surface area contributed by atoms with Crippen molar-refractivity contribution in [2.45, 2.75) is 20.8 Å². The van der Waals surface area contributed by atoms with Gasteiger partial charge in [-0.15, -0.1) is 0 Å². The van der Waals surface area contributed by atoms with Gasteiger partial charge in [0.2, 0.25) is 11.8 Å². The van der Waals surface area contributed by atoms with Crippen LogP contribution >= 0.6 is 0 Å². The van der Waals surface area contributed by atoms with Crippen molar-refractivity contribution < 1.29 is 9.59 Å². The van der Waals surface area contributed by atoms with Crippen LogP contribution in [0.15, 0.2) is 30.5 Å². The van der Waals surface area contributed by atoms with Crippen LogP contribution in [0.25, 0.3) is 0 Å². The van der Waals surface area contributed by atoms with Crippen molar-refractivity contribution in [2.24, 2.45) is 5.73 Å². The summed E-state index contributed by atoms with van der Waals surface area (Å²) >= 11 is 0. The molecule has 0 aliphatic heterocycles. The lowest BCUT2D eigenvalue weighted by atomic mass is 10.1. The number of anilines is 2. The van der Waals surface area contributed by atoms with E-state index in [2.05, 4.69) is 10.3 Å². The van der Waals surface area contributed by atoms with Crippen molar-refractivity contribution in [1.29, 1.82) is 0 Å². The van der Waals surface area contributed by atoms with Gasteiger partial charge in [-0.1, -0.05) is 17.7 Å². The lowest BCUT2D eigenvalue weighted by Crippen LogP contribution is -2.31. The zero-order chi connectivity index (χ0) is 17.9. The molecule has 0 aliphatic rings. The van der Waals surface area contributed by atoms with Gasteiger partial charge in [-0.3, -0.25) is 9.59 Å². The summed E-state index contributed by atoms with van der Waals surface area (Å²) in [7, 11) is 1.74. The number of benzene rings is 1. The summed E-state index contributed by atoms with van der Waals surface area (Å²) in [6, 6.07) is 7.17. The number of nitrogens with two attached hydrogens (primary N) is 1. The number of likely N-dealkylation sites (N-methyl/N-ethyl adjacent to an activating group) is 1. The summed E-state index contributed by atoms with van der Waals surface area (Å²) in [6.07, 6.45) is 1.50. The first-order valence-electron chi connectivity index (χ1n) is 7.62. The molecule has 1 heterocycles. The van der Waals surface area contributed by atoms with Crippen LogP contribution in [0.3, 0.4) is 0 Å². The number of nitrogens with zero attached hydrogens (tertiary/aromatic N) is 2. The standard InChI is InChI=1S/C18H22N4O2/c1-11-7-12(2)17(13(3)8-11)21-16(23)10-22(4)15-9-14(18(19)24)5-6-20-15/h5-9H,10H2,1-4H3,(H2,19,24)(H,21,23). The van der Waals surface area contributed by atoms with E-state index in [4.69, 9.17) is 5.73 Å². The number of nitrogens with one attached hydrogen (secondary N) is 1. The zero-order valence-corrected chi connectivity index (χ0v) is 14.4. The van der Waals surface area contributed by atoms with Gasteiger partial charge in [0.25, 0.3) is 0 Å². The molecule has 6 nitrogen and oxygen atoms in total. The van der Waals surface area contributed by atoms with Gasteiger partial charge in [-0.25, -0.2) is 4.98 Å². The zero-order valence-electron chi connectivity index (χ0n) is 14.4. The minimum atomic E-state index is -0.526. The first-order valence-corrected chi connectivity index (χ1v) is 7.62. The van der Waals surface area contributed by atoms with Gasteiger partial charge < -0.3 is 16.0 Å². The molecular weight excluding hydrogens is 304 g/mol. The lowest BCUT2D eigenvalue weighted by Gasteiger charge is -2.19. The van der Waals surface area contributed by atoms with Gasteiger partial charge in [0.1, 0.15) is 5.82 Å². The topological polar surface area (TPSA) is 88.3 Å². The van der Waals surface area contributed by atoms with Gasteiger partial charge in [-0.05, 0) is 44.0 Å². The number of primary amides is 1. The summed E-state index contributed by atoms with van der Waals surface area (Å²) in [5, 5.41) is 2.94. The summed E-state index contributed by atoms with van der Waals surface area (Å²) in [5.41, 5.74) is 9.67. The van der Waals surface area contributed by atoms with E-state index >= 15 is 0 Å². The Morgan fingerprint density at radius 2 is 1.79 bits per heavy atom. The van der Waals surface area contributed by atoms with E-state index in [0.717, 1.165) is 22.4 Å². The third kappa shape index (κ3) is 4.10. The van der Waals surface area contributed by atoms with E-state index in [1.807, 2.05) is 32.9 Å². The molecule has 2 rings (SSSR count). The monoisotopic (exact) mass is 326 g/mol. The minimum Gasteiger partial charge on any atom is -0.366 e. The fraction of sp³-hybridized carbons (Fsp3) is 0.278. The Bertz CT molecular complexity index is 763. The Labute approximate surface area is 141 Å². The largest absolute Gasteiger partial charge is 0.366 e. The lowest BCUT2D eigenvalue weighted by molar-refractivity contribution is -0.114. The van der Waals surface area contributed by atoms with Crippen LogP contribution in [0.4, 0.5) is 11.5 Å². The molecule has 2 amide bonds. The van der Waals surface area contributed by atoms with E-state index in [-0.39, 0.29) is 12.5 Å². The Morgan fingerprint density at radius 1 is 1.17 bits per heavy atom. The molecule has 6 heteroatoms. The molecule has 0 saturated carbocycles. The van der Waals surface area contributed by atoms with Crippen LogP contribution in [0.2, 0.25) is 0 Å². The van der Waals surface area contributed by atoms with Gasteiger partial charge in [-0.2, -0.15) is 0 Å². The Kier molecular flexibility index (Phi) is 5.18. The molecule has 1 aromatic heterocycles. The van der Waals surface area contributed by atoms with Crippen molar-refractivity contribution in [3.63, 3.8) is 0 Å². The molecule has 0 fully saturated rings. The number of carbonyl (C=O) groups is 2. The Balaban J connectivity index is 2.10. The Hall–Kier alpha value is -2.89. The highest BCUT2D eigenvalue weighted by Crippen LogP contribution is 2.22. The van der Waals surface area contributed by atoms with Crippen molar-refractivity contribution in [3.05, 3.63) is 52.7 Å². The second kappa shape index (κ2) is 7.12. The van der Waals surface area contributed by atoms with Crippen LogP contribution < -0.4 is 16.0 Å². The molecule has 0 saturated heterocycles. The number of aryl methyl sites for hydroxylation is 3. The van der Waals surface area contributed by atoms with Gasteiger partial charge in [0.15, 0.2) is 0 Å². The maximum Gasteiger partial charge on any atom is 0.248 e. The van der Waals surface area contributed by atoms with E-state index < -0.39 is 5.91 Å². The summed E-state index contributed by atoms with van der Waals surface area (Å²) < 4.78 is 0. The molecule has 0 bridgehead atoms. The van der Waals surface area contributed by atoms with Crippen LogP contribution in [0, 0.1) is 20.8 Å². The quantitative estimate of drug-likeness (QED) is 0.881. The normalized spacial score (nSPS) is 10.3. The smallest absolute Gasteiger partial charge is 0.248 e. The highest BCUT2D eigenvalue weighted by atomic mass is 16.2.